The Labute approximate surface area is 261 Å². The van der Waals surface area contributed by atoms with Crippen LogP contribution < -0.4 is 0 Å². The van der Waals surface area contributed by atoms with Gasteiger partial charge in [0.05, 0.1) is 11.0 Å². The summed E-state index contributed by atoms with van der Waals surface area (Å²) in [5.41, 5.74) is 12.8. The standard InChI is InChI=1S/C43H29NO/c1-4-13-40-36(8-1)37-9-2-5-14-41(37)44(40)34-26-24-32(25-27-34)31-20-16-29(17-21-31)28-30-18-22-33(23-19-30)35-11-7-12-39-38-10-3-6-15-42(38)45-43(35)39/h1-27H,28H2. The molecule has 2 aromatic heterocycles. The number of hydrogen-bond acceptors (Lipinski definition) is 1. The highest BCUT2D eigenvalue weighted by Gasteiger charge is 2.13. The average molecular weight is 576 g/mol. The highest BCUT2D eigenvalue weighted by atomic mass is 16.3. The lowest BCUT2D eigenvalue weighted by atomic mass is 9.97. The SMILES string of the molecule is c1ccc2c(c1)oc1c(-c3ccc(Cc4ccc(-c5ccc(-n6c7ccccc7c7ccccc76)cc5)cc4)cc3)cccc12. The lowest BCUT2D eigenvalue weighted by molar-refractivity contribution is 0.670. The molecule has 0 bridgehead atoms. The molecule has 45 heavy (non-hydrogen) atoms. The zero-order chi connectivity index (χ0) is 29.7. The van der Waals surface area contributed by atoms with E-state index >= 15 is 0 Å². The van der Waals surface area contributed by atoms with E-state index in [2.05, 4.69) is 156 Å². The Morgan fingerprint density at radius 1 is 0.400 bits per heavy atom. The zero-order valence-corrected chi connectivity index (χ0v) is 24.7. The molecule has 0 aliphatic heterocycles. The second-order valence-electron chi connectivity index (χ2n) is 11.8. The molecule has 0 atom stereocenters. The molecule has 7 aromatic carbocycles. The second-order valence-corrected chi connectivity index (χ2v) is 11.8. The molecule has 2 heterocycles. The summed E-state index contributed by atoms with van der Waals surface area (Å²) in [5.74, 6) is 0. The van der Waals surface area contributed by atoms with Gasteiger partial charge in [-0.25, -0.2) is 0 Å². The fourth-order valence-electron chi connectivity index (χ4n) is 6.83. The van der Waals surface area contributed by atoms with E-state index in [4.69, 9.17) is 4.42 Å². The van der Waals surface area contributed by atoms with Gasteiger partial charge in [0.15, 0.2) is 0 Å². The molecule has 0 amide bonds. The number of rotatable bonds is 5. The van der Waals surface area contributed by atoms with Crippen molar-refractivity contribution in [3.63, 3.8) is 0 Å². The zero-order valence-electron chi connectivity index (χ0n) is 24.7. The van der Waals surface area contributed by atoms with Crippen LogP contribution in [0, 0.1) is 0 Å². The number of aromatic nitrogens is 1. The fraction of sp³-hybridized carbons (Fsp3) is 0.0233. The van der Waals surface area contributed by atoms with Crippen molar-refractivity contribution in [1.29, 1.82) is 0 Å². The van der Waals surface area contributed by atoms with Crippen molar-refractivity contribution in [2.75, 3.05) is 0 Å². The third-order valence-corrected chi connectivity index (χ3v) is 9.07. The Morgan fingerprint density at radius 3 is 1.56 bits per heavy atom. The van der Waals surface area contributed by atoms with Crippen molar-refractivity contribution in [2.24, 2.45) is 0 Å². The number of benzene rings is 7. The maximum absolute atomic E-state index is 6.27. The predicted molar refractivity (Wildman–Crippen MR) is 188 cm³/mol. The molecule has 212 valence electrons. The molecule has 0 N–H and O–H groups in total. The minimum Gasteiger partial charge on any atom is -0.455 e. The molecule has 0 aliphatic rings. The van der Waals surface area contributed by atoms with Crippen LogP contribution in [-0.2, 0) is 6.42 Å². The molecule has 2 nitrogen and oxygen atoms in total. The van der Waals surface area contributed by atoms with Crippen LogP contribution in [-0.4, -0.2) is 4.57 Å². The number of hydrogen-bond donors (Lipinski definition) is 0. The number of fused-ring (bicyclic) bond motifs is 6. The van der Waals surface area contributed by atoms with Gasteiger partial charge in [0, 0.05) is 32.8 Å². The molecular weight excluding hydrogens is 546 g/mol. The molecule has 0 aliphatic carbocycles. The van der Waals surface area contributed by atoms with E-state index in [-0.39, 0.29) is 0 Å². The predicted octanol–water partition coefficient (Wildman–Crippen LogP) is 11.6. The molecule has 0 unspecified atom stereocenters. The molecule has 0 saturated carbocycles. The van der Waals surface area contributed by atoms with Gasteiger partial charge < -0.3 is 8.98 Å². The van der Waals surface area contributed by atoms with Gasteiger partial charge in [0.1, 0.15) is 11.2 Å². The third kappa shape index (κ3) is 4.34. The molecule has 0 radical (unpaired) electrons. The van der Waals surface area contributed by atoms with Crippen molar-refractivity contribution >= 4 is 43.7 Å². The minimum atomic E-state index is 0.891. The normalized spacial score (nSPS) is 11.6. The summed E-state index contributed by atoms with van der Waals surface area (Å²) in [7, 11) is 0. The van der Waals surface area contributed by atoms with Crippen molar-refractivity contribution < 1.29 is 4.42 Å². The van der Waals surface area contributed by atoms with Gasteiger partial charge in [-0.2, -0.15) is 0 Å². The summed E-state index contributed by atoms with van der Waals surface area (Å²) < 4.78 is 8.63. The first kappa shape index (κ1) is 25.6. The summed E-state index contributed by atoms with van der Waals surface area (Å²) >= 11 is 0. The van der Waals surface area contributed by atoms with E-state index in [0.717, 1.165) is 33.9 Å². The summed E-state index contributed by atoms with van der Waals surface area (Å²) in [6.45, 7) is 0. The quantitative estimate of drug-likeness (QED) is 0.200. The van der Waals surface area contributed by atoms with Gasteiger partial charge >= 0.3 is 0 Å². The molecule has 0 fully saturated rings. The first-order valence-electron chi connectivity index (χ1n) is 15.5. The Balaban J connectivity index is 0.952. The minimum absolute atomic E-state index is 0.891. The lowest BCUT2D eigenvalue weighted by Gasteiger charge is -2.10. The maximum Gasteiger partial charge on any atom is 0.143 e. The largest absolute Gasteiger partial charge is 0.455 e. The van der Waals surface area contributed by atoms with E-state index in [1.807, 2.05) is 12.1 Å². The van der Waals surface area contributed by atoms with Crippen molar-refractivity contribution in [3.05, 3.63) is 175 Å². The van der Waals surface area contributed by atoms with Crippen LogP contribution in [0.4, 0.5) is 0 Å². The highest BCUT2D eigenvalue weighted by molar-refractivity contribution is 6.10. The lowest BCUT2D eigenvalue weighted by Crippen LogP contribution is -1.93. The van der Waals surface area contributed by atoms with Gasteiger partial charge in [-0.3, -0.25) is 0 Å². The molecule has 9 rings (SSSR count). The van der Waals surface area contributed by atoms with E-state index < -0.39 is 0 Å². The Hall–Kier alpha value is -5.86. The summed E-state index contributed by atoms with van der Waals surface area (Å²) in [6.07, 6.45) is 0.891. The van der Waals surface area contributed by atoms with Gasteiger partial charge in [0.2, 0.25) is 0 Å². The first-order valence-corrected chi connectivity index (χ1v) is 15.5. The van der Waals surface area contributed by atoms with Crippen LogP contribution in [0.25, 0.3) is 71.7 Å². The van der Waals surface area contributed by atoms with Gasteiger partial charge in [-0.05, 0) is 64.6 Å². The van der Waals surface area contributed by atoms with Crippen LogP contribution in [0.5, 0.6) is 0 Å². The van der Waals surface area contributed by atoms with Crippen LogP contribution in [0.1, 0.15) is 11.1 Å². The second kappa shape index (κ2) is 10.4. The van der Waals surface area contributed by atoms with Crippen molar-refractivity contribution in [2.45, 2.75) is 6.42 Å². The van der Waals surface area contributed by atoms with E-state index in [0.29, 0.717) is 0 Å². The van der Waals surface area contributed by atoms with E-state index in [9.17, 15) is 0 Å². The van der Waals surface area contributed by atoms with Crippen LogP contribution >= 0.6 is 0 Å². The third-order valence-electron chi connectivity index (χ3n) is 9.07. The monoisotopic (exact) mass is 575 g/mol. The fourth-order valence-corrected chi connectivity index (χ4v) is 6.83. The van der Waals surface area contributed by atoms with Gasteiger partial charge in [-0.15, -0.1) is 0 Å². The topological polar surface area (TPSA) is 18.1 Å². The number of furan rings is 1. The van der Waals surface area contributed by atoms with E-state index in [1.54, 1.807) is 0 Å². The number of para-hydroxylation sites is 4. The average Bonchev–Trinajstić information content (AvgIpc) is 3.65. The Bertz CT molecular complexity index is 2420. The molecular formula is C43H29NO. The smallest absolute Gasteiger partial charge is 0.143 e. The summed E-state index contributed by atoms with van der Waals surface area (Å²) in [6, 6.07) is 58.7. The number of nitrogens with zero attached hydrogens (tertiary/aromatic N) is 1. The van der Waals surface area contributed by atoms with Crippen molar-refractivity contribution in [3.8, 4) is 27.9 Å². The Kier molecular flexibility index (Phi) is 5.92. The molecule has 0 saturated heterocycles. The van der Waals surface area contributed by atoms with Crippen LogP contribution in [0.15, 0.2) is 168 Å². The highest BCUT2D eigenvalue weighted by Crippen LogP contribution is 2.36. The molecule has 2 heteroatoms. The van der Waals surface area contributed by atoms with E-state index in [1.165, 1.54) is 55.3 Å². The Morgan fingerprint density at radius 2 is 0.911 bits per heavy atom. The molecule has 0 spiro atoms. The summed E-state index contributed by atoms with van der Waals surface area (Å²) in [5, 5.41) is 4.89. The summed E-state index contributed by atoms with van der Waals surface area (Å²) in [4.78, 5) is 0. The van der Waals surface area contributed by atoms with Gasteiger partial charge in [0.25, 0.3) is 0 Å². The van der Waals surface area contributed by atoms with Gasteiger partial charge in [-0.1, -0.05) is 133 Å². The van der Waals surface area contributed by atoms with Crippen molar-refractivity contribution in [1.82, 2.24) is 4.57 Å². The first-order chi connectivity index (χ1) is 22.3. The maximum atomic E-state index is 6.27. The molecule has 9 aromatic rings. The van der Waals surface area contributed by atoms with Crippen LogP contribution in [0.3, 0.4) is 0 Å². The van der Waals surface area contributed by atoms with Crippen LogP contribution in [0.2, 0.25) is 0 Å².